The van der Waals surface area contributed by atoms with Crippen LogP contribution in [0.1, 0.15) is 95.7 Å². The normalized spacial score (nSPS) is 32.1. The molecule has 46 heavy (non-hydrogen) atoms. The van der Waals surface area contributed by atoms with E-state index in [9.17, 15) is 24.6 Å². The average Bonchev–Trinajstić information content (AvgIpc) is 3.34. The van der Waals surface area contributed by atoms with Crippen molar-refractivity contribution in [3.63, 3.8) is 0 Å². The van der Waals surface area contributed by atoms with E-state index in [4.69, 9.17) is 4.74 Å². The molecular formula is C38H46N2O6. The fraction of sp³-hybridized carbons (Fsp3) is 0.526. The number of ether oxygens (including phenoxy) is 1. The van der Waals surface area contributed by atoms with Crippen LogP contribution in [0.25, 0.3) is 5.57 Å². The number of aliphatic hydroxyl groups is 1. The van der Waals surface area contributed by atoms with Gasteiger partial charge in [0.05, 0.1) is 18.1 Å². The fourth-order valence-electron chi connectivity index (χ4n) is 9.32. The summed E-state index contributed by atoms with van der Waals surface area (Å²) >= 11 is 0. The summed E-state index contributed by atoms with van der Waals surface area (Å²) in [6.07, 6.45) is 13.5. The zero-order valence-electron chi connectivity index (χ0n) is 27.2. The molecule has 1 aromatic heterocycles. The minimum Gasteiger partial charge on any atom is -0.480 e. The monoisotopic (exact) mass is 626 g/mol. The van der Waals surface area contributed by atoms with E-state index < -0.39 is 30.1 Å². The Kier molecular flexibility index (Phi) is 8.70. The lowest BCUT2D eigenvalue weighted by Gasteiger charge is -2.61. The van der Waals surface area contributed by atoms with Gasteiger partial charge < -0.3 is 19.8 Å². The Labute approximate surface area is 271 Å². The Balaban J connectivity index is 1.08. The number of hydrogen-bond acceptors (Lipinski definition) is 6. The number of carbonyl (C=O) groups excluding carboxylic acids is 2. The van der Waals surface area contributed by atoms with Crippen molar-refractivity contribution in [2.75, 3.05) is 6.54 Å². The van der Waals surface area contributed by atoms with E-state index in [-0.39, 0.29) is 41.6 Å². The van der Waals surface area contributed by atoms with E-state index in [1.807, 2.05) is 42.6 Å². The molecule has 7 atom stereocenters. The van der Waals surface area contributed by atoms with Crippen LogP contribution in [0.5, 0.6) is 0 Å². The zero-order valence-corrected chi connectivity index (χ0v) is 27.2. The Hall–Kier alpha value is -3.78. The van der Waals surface area contributed by atoms with Gasteiger partial charge in [0.1, 0.15) is 12.6 Å². The summed E-state index contributed by atoms with van der Waals surface area (Å²) in [6, 6.07) is 12.9. The Morgan fingerprint density at radius 2 is 1.80 bits per heavy atom. The molecule has 2 N–H and O–H groups in total. The molecule has 4 aliphatic rings. The molecule has 0 spiro atoms. The van der Waals surface area contributed by atoms with Crippen LogP contribution in [0.3, 0.4) is 0 Å². The second kappa shape index (κ2) is 12.4. The molecule has 244 valence electrons. The van der Waals surface area contributed by atoms with E-state index >= 15 is 0 Å². The summed E-state index contributed by atoms with van der Waals surface area (Å²) in [7, 11) is 0. The van der Waals surface area contributed by atoms with Crippen molar-refractivity contribution in [1.82, 2.24) is 9.88 Å². The molecule has 4 aliphatic carbocycles. The summed E-state index contributed by atoms with van der Waals surface area (Å²) in [6.45, 7) is 5.94. The summed E-state index contributed by atoms with van der Waals surface area (Å²) < 4.78 is 5.92. The van der Waals surface area contributed by atoms with E-state index in [1.54, 1.807) is 13.1 Å². The number of allylic oxidation sites excluding steroid dienone is 1. The number of esters is 1. The molecule has 0 radical (unpaired) electrons. The molecule has 8 heteroatoms. The van der Waals surface area contributed by atoms with Gasteiger partial charge in [0, 0.05) is 30.7 Å². The number of carboxylic acid groups (broad SMARTS) is 1. The molecule has 1 heterocycles. The van der Waals surface area contributed by atoms with Crippen molar-refractivity contribution in [3.05, 3.63) is 83.7 Å². The molecule has 2 fully saturated rings. The number of hydrogen-bond donors (Lipinski definition) is 2. The van der Waals surface area contributed by atoms with Crippen LogP contribution in [-0.4, -0.2) is 56.2 Å². The maximum absolute atomic E-state index is 13.1. The highest BCUT2D eigenvalue weighted by Gasteiger charge is 2.64. The predicted molar refractivity (Wildman–Crippen MR) is 174 cm³/mol. The molecule has 1 aromatic carbocycles. The Bertz CT molecular complexity index is 1540. The molecule has 1 amide bonds. The van der Waals surface area contributed by atoms with Crippen LogP contribution in [-0.2, 0) is 19.1 Å². The molecule has 0 bridgehead atoms. The van der Waals surface area contributed by atoms with Gasteiger partial charge in [-0.05, 0) is 85.5 Å². The van der Waals surface area contributed by atoms with Gasteiger partial charge in [0.15, 0.2) is 0 Å². The number of carbonyl (C=O) groups is 3. The van der Waals surface area contributed by atoms with E-state index in [1.165, 1.54) is 16.0 Å². The summed E-state index contributed by atoms with van der Waals surface area (Å²) in [4.78, 5) is 43.2. The molecule has 2 aromatic rings. The minimum absolute atomic E-state index is 0.0547. The summed E-state index contributed by atoms with van der Waals surface area (Å²) in [5.74, 6) is -1.40. The highest BCUT2D eigenvalue weighted by Crippen LogP contribution is 2.68. The third-order valence-electron chi connectivity index (χ3n) is 12.0. The number of benzene rings is 1. The second-order valence-electron chi connectivity index (χ2n) is 14.3. The number of amides is 1. The smallest absolute Gasteiger partial charge is 0.323 e. The third kappa shape index (κ3) is 5.59. The molecule has 2 saturated carbocycles. The van der Waals surface area contributed by atoms with Gasteiger partial charge in [0.25, 0.3) is 0 Å². The van der Waals surface area contributed by atoms with Crippen LogP contribution >= 0.6 is 0 Å². The lowest BCUT2D eigenvalue weighted by Crippen LogP contribution is -2.60. The van der Waals surface area contributed by atoms with Crippen molar-refractivity contribution in [2.24, 2.45) is 22.7 Å². The summed E-state index contributed by atoms with van der Waals surface area (Å²) in [5, 5.41) is 21.9. The standard InChI is InChI=1S/C38H46N2O6/c1-25(26-8-5-4-6-9-26)40(24-34(42)43)33(41)13-14-35(44)46-29-15-18-36(2)28(22-29)11-12-32-31(36)16-19-37(3)30(17-20-38(32,37)45)27-10-7-21-39-23-27/h4-11,17,21,23,25,29,31-32,45H,12-16,18-20,22,24H2,1-3H3,(H,42,43)/t25?,29-,31-,32+,36-,37+,38+/m0/s1. The molecule has 8 nitrogen and oxygen atoms in total. The first-order valence-corrected chi connectivity index (χ1v) is 16.7. The minimum atomic E-state index is -1.10. The number of nitrogens with zero attached hydrogens (tertiary/aromatic N) is 2. The number of fused-ring (bicyclic) bond motifs is 5. The van der Waals surface area contributed by atoms with Gasteiger partial charge in [-0.15, -0.1) is 0 Å². The van der Waals surface area contributed by atoms with Crippen LogP contribution in [0.4, 0.5) is 0 Å². The number of rotatable bonds is 9. The van der Waals surface area contributed by atoms with Crippen LogP contribution in [0, 0.1) is 22.7 Å². The van der Waals surface area contributed by atoms with E-state index in [2.05, 4.69) is 37.0 Å². The SMILES string of the molecule is CC(c1ccccc1)N(CC(=O)O)C(=O)CCC(=O)O[C@H]1CC[C@@]2(C)C(=CC[C@@H]3[C@@H]2CC[C@]2(C)C(c4cccnc4)=CC[C@@]32O)C1. The maximum Gasteiger partial charge on any atom is 0.323 e. The third-order valence-corrected chi connectivity index (χ3v) is 12.0. The molecule has 1 unspecified atom stereocenters. The van der Waals surface area contributed by atoms with Crippen LogP contribution in [0.15, 0.2) is 72.6 Å². The average molecular weight is 627 g/mol. The van der Waals surface area contributed by atoms with Gasteiger partial charge in [-0.2, -0.15) is 0 Å². The van der Waals surface area contributed by atoms with Crippen molar-refractivity contribution < 1.29 is 29.3 Å². The van der Waals surface area contributed by atoms with E-state index in [0.717, 1.165) is 43.2 Å². The largest absolute Gasteiger partial charge is 0.480 e. The topological polar surface area (TPSA) is 117 Å². The first kappa shape index (κ1) is 32.2. The lowest BCUT2D eigenvalue weighted by molar-refractivity contribution is -0.161. The zero-order chi connectivity index (χ0) is 32.7. The molecule has 6 rings (SSSR count). The Morgan fingerprint density at radius 1 is 1.02 bits per heavy atom. The van der Waals surface area contributed by atoms with Gasteiger partial charge in [0.2, 0.25) is 5.91 Å². The van der Waals surface area contributed by atoms with Gasteiger partial charge >= 0.3 is 11.9 Å². The van der Waals surface area contributed by atoms with Crippen molar-refractivity contribution >= 4 is 23.4 Å². The molecule has 0 saturated heterocycles. The number of pyridine rings is 1. The molecular weight excluding hydrogens is 580 g/mol. The van der Waals surface area contributed by atoms with E-state index in [0.29, 0.717) is 18.8 Å². The maximum atomic E-state index is 13.1. The highest BCUT2D eigenvalue weighted by molar-refractivity contribution is 5.84. The van der Waals surface area contributed by atoms with Gasteiger partial charge in [-0.25, -0.2) is 0 Å². The number of aromatic nitrogens is 1. The van der Waals surface area contributed by atoms with Gasteiger partial charge in [-0.1, -0.05) is 68.0 Å². The van der Waals surface area contributed by atoms with Crippen molar-refractivity contribution in [1.29, 1.82) is 0 Å². The Morgan fingerprint density at radius 3 is 2.52 bits per heavy atom. The first-order chi connectivity index (χ1) is 22.0. The fourth-order valence-corrected chi connectivity index (χ4v) is 9.32. The quantitative estimate of drug-likeness (QED) is 0.240. The summed E-state index contributed by atoms with van der Waals surface area (Å²) in [5.41, 5.74) is 3.29. The number of carboxylic acids is 1. The first-order valence-electron chi connectivity index (χ1n) is 16.7. The van der Waals surface area contributed by atoms with Crippen molar-refractivity contribution in [3.8, 4) is 0 Å². The predicted octanol–water partition coefficient (Wildman–Crippen LogP) is 6.52. The number of aliphatic carboxylic acids is 1. The van der Waals surface area contributed by atoms with Crippen LogP contribution in [0.2, 0.25) is 0 Å². The van der Waals surface area contributed by atoms with Gasteiger partial charge in [-0.3, -0.25) is 19.4 Å². The van der Waals surface area contributed by atoms with Crippen LogP contribution < -0.4 is 0 Å². The highest BCUT2D eigenvalue weighted by atomic mass is 16.5. The second-order valence-corrected chi connectivity index (χ2v) is 14.3. The molecule has 0 aliphatic heterocycles. The van der Waals surface area contributed by atoms with Crippen molar-refractivity contribution in [2.45, 2.75) is 96.3 Å². The lowest BCUT2D eigenvalue weighted by atomic mass is 9.45.